The Morgan fingerprint density at radius 1 is 1.24 bits per heavy atom. The summed E-state index contributed by atoms with van der Waals surface area (Å²) in [6, 6.07) is 0.524. The third-order valence-electron chi connectivity index (χ3n) is 6.85. The Labute approximate surface area is 190 Å². The SMILES string of the molecule is CCN1CCC2(CC1)OC(=O)C(C)=C2C(=O)N1CCN(c2nccc(C(F)(F)F)n2)CC1C. The number of halogens is 3. The van der Waals surface area contributed by atoms with Crippen LogP contribution in [-0.4, -0.2) is 82.6 Å². The molecule has 8 nitrogen and oxygen atoms in total. The maximum absolute atomic E-state index is 13.6. The largest absolute Gasteiger partial charge is 0.450 e. The van der Waals surface area contributed by atoms with Gasteiger partial charge in [-0.15, -0.1) is 0 Å². The first-order valence-corrected chi connectivity index (χ1v) is 11.2. The molecule has 0 aromatic carbocycles. The highest BCUT2D eigenvalue weighted by atomic mass is 19.4. The number of nitrogens with zero attached hydrogens (tertiary/aromatic N) is 5. The molecule has 3 aliphatic rings. The number of likely N-dealkylation sites (tertiary alicyclic amines) is 1. The minimum Gasteiger partial charge on any atom is -0.450 e. The van der Waals surface area contributed by atoms with Crippen molar-refractivity contribution in [3.63, 3.8) is 0 Å². The van der Waals surface area contributed by atoms with Gasteiger partial charge in [0.25, 0.3) is 5.91 Å². The molecule has 1 amide bonds. The van der Waals surface area contributed by atoms with Crippen molar-refractivity contribution >= 4 is 17.8 Å². The Bertz CT molecular complexity index is 972. The fourth-order valence-electron chi connectivity index (χ4n) is 4.93. The normalized spacial score (nSPS) is 23.9. The van der Waals surface area contributed by atoms with Gasteiger partial charge in [-0.3, -0.25) is 4.79 Å². The molecule has 0 aliphatic carbocycles. The summed E-state index contributed by atoms with van der Waals surface area (Å²) in [5.41, 5.74) is -1.12. The van der Waals surface area contributed by atoms with Crippen molar-refractivity contribution in [3.8, 4) is 0 Å². The van der Waals surface area contributed by atoms with Gasteiger partial charge in [-0.2, -0.15) is 13.2 Å². The van der Waals surface area contributed by atoms with Gasteiger partial charge in [0.1, 0.15) is 11.3 Å². The van der Waals surface area contributed by atoms with Crippen LogP contribution in [0, 0.1) is 0 Å². The minimum absolute atomic E-state index is 0.0121. The van der Waals surface area contributed by atoms with Gasteiger partial charge in [0.15, 0.2) is 0 Å². The lowest BCUT2D eigenvalue weighted by Gasteiger charge is -2.43. The van der Waals surface area contributed by atoms with E-state index in [1.807, 2.05) is 6.92 Å². The van der Waals surface area contributed by atoms with Crippen molar-refractivity contribution in [1.82, 2.24) is 19.8 Å². The molecule has 0 radical (unpaired) electrons. The van der Waals surface area contributed by atoms with Crippen LogP contribution in [0.2, 0.25) is 0 Å². The second-order valence-corrected chi connectivity index (χ2v) is 8.85. The van der Waals surface area contributed by atoms with E-state index in [-0.39, 0.29) is 37.5 Å². The first-order valence-electron chi connectivity index (χ1n) is 11.2. The molecular weight excluding hydrogens is 439 g/mol. The fraction of sp³-hybridized carbons (Fsp3) is 0.636. The summed E-state index contributed by atoms with van der Waals surface area (Å²) in [7, 11) is 0. The minimum atomic E-state index is -4.55. The third kappa shape index (κ3) is 4.30. The third-order valence-corrected chi connectivity index (χ3v) is 6.85. The Morgan fingerprint density at radius 2 is 1.94 bits per heavy atom. The predicted octanol–water partition coefficient (Wildman–Crippen LogP) is 2.26. The van der Waals surface area contributed by atoms with Gasteiger partial charge in [-0.1, -0.05) is 6.92 Å². The molecule has 2 fully saturated rings. The van der Waals surface area contributed by atoms with Gasteiger partial charge in [0.2, 0.25) is 5.95 Å². The molecule has 0 N–H and O–H groups in total. The van der Waals surface area contributed by atoms with Crippen LogP contribution >= 0.6 is 0 Å². The molecule has 1 spiro atoms. The molecule has 0 saturated carbocycles. The van der Waals surface area contributed by atoms with Crippen LogP contribution < -0.4 is 4.90 Å². The van der Waals surface area contributed by atoms with Gasteiger partial charge >= 0.3 is 12.1 Å². The Morgan fingerprint density at radius 3 is 2.55 bits per heavy atom. The van der Waals surface area contributed by atoms with Gasteiger partial charge in [-0.25, -0.2) is 14.8 Å². The smallest absolute Gasteiger partial charge is 0.433 e. The number of amides is 1. The quantitative estimate of drug-likeness (QED) is 0.631. The van der Waals surface area contributed by atoms with Gasteiger partial charge in [-0.05, 0) is 26.5 Å². The number of piperidine rings is 1. The van der Waals surface area contributed by atoms with Crippen LogP contribution in [0.4, 0.5) is 19.1 Å². The number of hydrogen-bond acceptors (Lipinski definition) is 7. The van der Waals surface area contributed by atoms with Crippen molar-refractivity contribution in [2.45, 2.75) is 51.4 Å². The molecule has 1 aromatic rings. The van der Waals surface area contributed by atoms with E-state index in [2.05, 4.69) is 21.8 Å². The van der Waals surface area contributed by atoms with E-state index in [0.717, 1.165) is 31.9 Å². The maximum Gasteiger partial charge on any atom is 0.433 e. The lowest BCUT2D eigenvalue weighted by atomic mass is 9.82. The molecule has 3 aliphatic heterocycles. The summed E-state index contributed by atoms with van der Waals surface area (Å²) in [5, 5.41) is 0. The Kier molecular flexibility index (Phi) is 6.10. The zero-order valence-corrected chi connectivity index (χ0v) is 19.0. The van der Waals surface area contributed by atoms with Crippen molar-refractivity contribution < 1.29 is 27.5 Å². The summed E-state index contributed by atoms with van der Waals surface area (Å²) >= 11 is 0. The molecule has 11 heteroatoms. The van der Waals surface area contributed by atoms with Crippen LogP contribution in [0.15, 0.2) is 23.4 Å². The van der Waals surface area contributed by atoms with Gasteiger partial charge in [0.05, 0.1) is 5.57 Å². The lowest BCUT2D eigenvalue weighted by molar-refractivity contribution is -0.151. The molecule has 4 heterocycles. The van der Waals surface area contributed by atoms with E-state index in [0.29, 0.717) is 24.0 Å². The van der Waals surface area contributed by atoms with Crippen molar-refractivity contribution in [2.24, 2.45) is 0 Å². The number of aromatic nitrogens is 2. The molecule has 1 aromatic heterocycles. The van der Waals surface area contributed by atoms with Crippen LogP contribution in [0.5, 0.6) is 0 Å². The zero-order valence-electron chi connectivity index (χ0n) is 19.0. The molecule has 0 bridgehead atoms. The second kappa shape index (κ2) is 8.58. The first kappa shape index (κ1) is 23.5. The number of ether oxygens (including phenoxy) is 1. The lowest BCUT2D eigenvalue weighted by Crippen LogP contribution is -2.57. The van der Waals surface area contributed by atoms with Crippen molar-refractivity contribution in [3.05, 3.63) is 29.1 Å². The van der Waals surface area contributed by atoms with Crippen LogP contribution in [0.25, 0.3) is 0 Å². The summed E-state index contributed by atoms with van der Waals surface area (Å²) in [5.74, 6) is -0.700. The van der Waals surface area contributed by atoms with E-state index in [1.54, 1.807) is 16.7 Å². The monoisotopic (exact) mass is 467 g/mol. The average Bonchev–Trinajstić information content (AvgIpc) is 3.02. The molecular formula is C22H28F3N5O3. The molecule has 1 unspecified atom stereocenters. The highest BCUT2D eigenvalue weighted by Gasteiger charge is 2.52. The Hall–Kier alpha value is -2.69. The number of rotatable bonds is 3. The fourth-order valence-corrected chi connectivity index (χ4v) is 4.93. The van der Waals surface area contributed by atoms with E-state index in [1.165, 1.54) is 0 Å². The molecule has 4 rings (SSSR count). The second-order valence-electron chi connectivity index (χ2n) is 8.85. The summed E-state index contributed by atoms with van der Waals surface area (Å²) in [6.45, 7) is 8.76. The van der Waals surface area contributed by atoms with Crippen LogP contribution in [0.3, 0.4) is 0 Å². The van der Waals surface area contributed by atoms with E-state index in [4.69, 9.17) is 4.74 Å². The van der Waals surface area contributed by atoms with Crippen molar-refractivity contribution in [2.75, 3.05) is 44.2 Å². The number of piperazine rings is 1. The topological polar surface area (TPSA) is 78.9 Å². The first-order chi connectivity index (χ1) is 15.6. The van der Waals surface area contributed by atoms with E-state index < -0.39 is 23.4 Å². The van der Waals surface area contributed by atoms with Gasteiger partial charge in [0, 0.05) is 63.4 Å². The Balaban J connectivity index is 1.51. The van der Waals surface area contributed by atoms with Gasteiger partial charge < -0.3 is 19.4 Å². The summed E-state index contributed by atoms with van der Waals surface area (Å²) < 4.78 is 44.9. The van der Waals surface area contributed by atoms with E-state index in [9.17, 15) is 22.8 Å². The van der Waals surface area contributed by atoms with Crippen molar-refractivity contribution in [1.29, 1.82) is 0 Å². The van der Waals surface area contributed by atoms with Crippen LogP contribution in [0.1, 0.15) is 39.3 Å². The maximum atomic E-state index is 13.6. The molecule has 33 heavy (non-hydrogen) atoms. The number of carbonyl (C=O) groups excluding carboxylic acids is 2. The summed E-state index contributed by atoms with van der Waals surface area (Å²) in [6.07, 6.45) is -2.33. The average molecular weight is 467 g/mol. The summed E-state index contributed by atoms with van der Waals surface area (Å²) in [4.78, 5) is 39.3. The predicted molar refractivity (Wildman–Crippen MR) is 113 cm³/mol. The number of esters is 1. The molecule has 2 saturated heterocycles. The number of carbonyl (C=O) groups is 2. The van der Waals surface area contributed by atoms with E-state index >= 15 is 0 Å². The molecule has 1 atom stereocenters. The molecule has 180 valence electrons. The number of hydrogen-bond donors (Lipinski definition) is 0. The highest BCUT2D eigenvalue weighted by molar-refractivity contribution is 6.07. The van der Waals surface area contributed by atoms with Crippen LogP contribution in [-0.2, 0) is 20.5 Å². The highest BCUT2D eigenvalue weighted by Crippen LogP contribution is 2.42. The number of anilines is 1. The zero-order chi connectivity index (χ0) is 24.0. The standard InChI is InChI=1S/C22H28F3N5O3/c1-4-28-9-6-21(7-10-28)17(15(3)19(32)33-21)18(31)30-12-11-29(13-14(30)2)20-26-8-5-16(27-20)22(23,24)25/h5,8,14H,4,6-7,9-13H2,1-3H3. The number of alkyl halides is 3.